The van der Waals surface area contributed by atoms with Gasteiger partial charge in [-0.15, -0.1) is 0 Å². The Labute approximate surface area is 128 Å². The molecule has 0 aliphatic carbocycles. The van der Waals surface area contributed by atoms with Crippen LogP contribution in [0.4, 0.5) is 10.5 Å². The zero-order valence-corrected chi connectivity index (χ0v) is 12.2. The van der Waals surface area contributed by atoms with Gasteiger partial charge < -0.3 is 19.7 Å². The number of hydrogen-bond acceptors (Lipinski definition) is 4. The molecule has 0 bridgehead atoms. The maximum absolute atomic E-state index is 12.3. The molecule has 1 aliphatic heterocycles. The van der Waals surface area contributed by atoms with Crippen molar-refractivity contribution in [1.82, 2.24) is 9.88 Å². The fraction of sp³-hybridized carbons (Fsp3) is 0.375. The van der Waals surface area contributed by atoms with E-state index in [1.165, 1.54) is 6.39 Å². The van der Waals surface area contributed by atoms with Gasteiger partial charge in [0.15, 0.2) is 12.2 Å². The van der Waals surface area contributed by atoms with Gasteiger partial charge in [0.2, 0.25) is 0 Å². The lowest BCUT2D eigenvalue weighted by Crippen LogP contribution is -2.43. The van der Waals surface area contributed by atoms with E-state index in [4.69, 9.17) is 4.42 Å². The molecular formula is C16H19N3O3. The van der Waals surface area contributed by atoms with E-state index in [1.807, 2.05) is 24.3 Å². The number of hydrogen-bond donors (Lipinski definition) is 2. The summed E-state index contributed by atoms with van der Waals surface area (Å²) in [6.45, 7) is 1.46. The normalized spacial score (nSPS) is 18.2. The van der Waals surface area contributed by atoms with Crippen LogP contribution in [0, 0.1) is 5.92 Å². The summed E-state index contributed by atoms with van der Waals surface area (Å²) in [5, 5.41) is 12.1. The fourth-order valence-electron chi connectivity index (χ4n) is 2.71. The lowest BCUT2D eigenvalue weighted by molar-refractivity contribution is 0.136. The Morgan fingerprint density at radius 2 is 2.41 bits per heavy atom. The van der Waals surface area contributed by atoms with Crippen molar-refractivity contribution in [2.24, 2.45) is 5.92 Å². The Kier molecular flexibility index (Phi) is 4.39. The quantitative estimate of drug-likeness (QED) is 0.913. The largest absolute Gasteiger partial charge is 0.444 e. The van der Waals surface area contributed by atoms with E-state index in [-0.39, 0.29) is 18.6 Å². The lowest BCUT2D eigenvalue weighted by Gasteiger charge is -2.31. The maximum atomic E-state index is 12.3. The molecule has 116 valence electrons. The Morgan fingerprint density at radius 3 is 3.18 bits per heavy atom. The van der Waals surface area contributed by atoms with Crippen molar-refractivity contribution in [1.29, 1.82) is 0 Å². The second kappa shape index (κ2) is 6.62. The molecular weight excluding hydrogens is 282 g/mol. The maximum Gasteiger partial charge on any atom is 0.321 e. The van der Waals surface area contributed by atoms with Crippen LogP contribution in [-0.2, 0) is 0 Å². The first kappa shape index (κ1) is 14.6. The predicted octanol–water partition coefficient (Wildman–Crippen LogP) is 2.58. The van der Waals surface area contributed by atoms with E-state index in [2.05, 4.69) is 10.3 Å². The molecule has 0 spiro atoms. The van der Waals surface area contributed by atoms with Crippen molar-refractivity contribution in [2.75, 3.05) is 25.0 Å². The van der Waals surface area contributed by atoms with E-state index < -0.39 is 0 Å². The van der Waals surface area contributed by atoms with E-state index in [0.29, 0.717) is 18.0 Å². The minimum absolute atomic E-state index is 0.130. The summed E-state index contributed by atoms with van der Waals surface area (Å²) in [6, 6.07) is 7.32. The predicted molar refractivity (Wildman–Crippen MR) is 82.3 cm³/mol. The molecule has 3 rings (SSSR count). The van der Waals surface area contributed by atoms with Crippen molar-refractivity contribution in [3.8, 4) is 11.3 Å². The number of oxazole rings is 1. The number of urea groups is 1. The lowest BCUT2D eigenvalue weighted by atomic mass is 9.99. The molecule has 2 N–H and O–H groups in total. The third-order valence-electron chi connectivity index (χ3n) is 3.90. The van der Waals surface area contributed by atoms with Crippen molar-refractivity contribution in [3.05, 3.63) is 36.9 Å². The van der Waals surface area contributed by atoms with Crippen LogP contribution in [0.15, 0.2) is 41.3 Å². The number of benzene rings is 1. The number of nitrogens with zero attached hydrogens (tertiary/aromatic N) is 2. The van der Waals surface area contributed by atoms with Gasteiger partial charge in [0.05, 0.1) is 6.20 Å². The number of carbonyl (C=O) groups excluding carboxylic acids is 1. The third kappa shape index (κ3) is 3.28. The average Bonchev–Trinajstić information content (AvgIpc) is 3.10. The number of aliphatic hydroxyl groups is 1. The first-order chi connectivity index (χ1) is 10.8. The molecule has 22 heavy (non-hydrogen) atoms. The van der Waals surface area contributed by atoms with Crippen molar-refractivity contribution < 1.29 is 14.3 Å². The molecule has 0 saturated carbocycles. The minimum atomic E-state index is -0.132. The van der Waals surface area contributed by atoms with Crippen molar-refractivity contribution in [3.63, 3.8) is 0 Å². The Morgan fingerprint density at radius 1 is 1.50 bits per heavy atom. The summed E-state index contributed by atoms with van der Waals surface area (Å²) >= 11 is 0. The zero-order valence-electron chi connectivity index (χ0n) is 12.2. The second-order valence-corrected chi connectivity index (χ2v) is 5.51. The molecule has 1 aliphatic rings. The molecule has 1 saturated heterocycles. The van der Waals surface area contributed by atoms with E-state index >= 15 is 0 Å². The summed E-state index contributed by atoms with van der Waals surface area (Å²) in [5.41, 5.74) is 1.58. The van der Waals surface area contributed by atoms with Gasteiger partial charge in [-0.25, -0.2) is 9.78 Å². The number of amides is 2. The van der Waals surface area contributed by atoms with E-state index in [9.17, 15) is 9.90 Å². The Bertz CT molecular complexity index is 627. The molecule has 2 heterocycles. The number of piperidine rings is 1. The minimum Gasteiger partial charge on any atom is -0.444 e. The Balaban J connectivity index is 1.68. The number of likely N-dealkylation sites (tertiary alicyclic amines) is 1. The number of aromatic nitrogens is 1. The summed E-state index contributed by atoms with van der Waals surface area (Å²) in [7, 11) is 0. The smallest absolute Gasteiger partial charge is 0.321 e. The first-order valence-corrected chi connectivity index (χ1v) is 7.42. The standard InChI is InChI=1S/C16H19N3O3/c20-10-12-3-2-6-19(9-12)16(21)18-14-5-1-4-13(7-14)15-8-17-11-22-15/h1,4-5,7-8,11-12,20H,2-3,6,9-10H2,(H,18,21). The number of rotatable bonds is 3. The second-order valence-electron chi connectivity index (χ2n) is 5.51. The van der Waals surface area contributed by atoms with Crippen LogP contribution in [-0.4, -0.2) is 40.7 Å². The van der Waals surface area contributed by atoms with Crippen LogP contribution < -0.4 is 5.32 Å². The summed E-state index contributed by atoms with van der Waals surface area (Å²) < 4.78 is 5.26. The van der Waals surface area contributed by atoms with Gasteiger partial charge in [0.1, 0.15) is 0 Å². The van der Waals surface area contributed by atoms with Crippen LogP contribution in [0.3, 0.4) is 0 Å². The van der Waals surface area contributed by atoms with Crippen molar-refractivity contribution >= 4 is 11.7 Å². The van der Waals surface area contributed by atoms with Crippen LogP contribution in [0.5, 0.6) is 0 Å². The fourth-order valence-corrected chi connectivity index (χ4v) is 2.71. The van der Waals surface area contributed by atoms with Gasteiger partial charge >= 0.3 is 6.03 Å². The highest BCUT2D eigenvalue weighted by Gasteiger charge is 2.23. The monoisotopic (exact) mass is 301 g/mol. The zero-order chi connectivity index (χ0) is 15.4. The molecule has 1 aromatic carbocycles. The van der Waals surface area contributed by atoms with Crippen molar-refractivity contribution in [2.45, 2.75) is 12.8 Å². The van der Waals surface area contributed by atoms with Gasteiger partial charge in [-0.3, -0.25) is 0 Å². The van der Waals surface area contributed by atoms with Gasteiger partial charge in [-0.2, -0.15) is 0 Å². The third-order valence-corrected chi connectivity index (χ3v) is 3.90. The molecule has 1 atom stereocenters. The Hall–Kier alpha value is -2.34. The van der Waals surface area contributed by atoms with Crippen LogP contribution in [0.2, 0.25) is 0 Å². The molecule has 1 fully saturated rings. The van der Waals surface area contributed by atoms with Gasteiger partial charge in [-0.05, 0) is 30.9 Å². The SMILES string of the molecule is O=C(Nc1cccc(-c2cnco2)c1)N1CCCC(CO)C1. The number of carbonyl (C=O) groups is 1. The van der Waals surface area contributed by atoms with Gasteiger partial charge in [0.25, 0.3) is 0 Å². The highest BCUT2D eigenvalue weighted by molar-refractivity contribution is 5.90. The van der Waals surface area contributed by atoms with E-state index in [1.54, 1.807) is 11.1 Å². The molecule has 6 nitrogen and oxygen atoms in total. The van der Waals surface area contributed by atoms with Crippen LogP contribution in [0.25, 0.3) is 11.3 Å². The van der Waals surface area contributed by atoms with Gasteiger partial charge in [0, 0.05) is 30.9 Å². The van der Waals surface area contributed by atoms with Crippen LogP contribution >= 0.6 is 0 Å². The molecule has 6 heteroatoms. The first-order valence-electron chi connectivity index (χ1n) is 7.42. The highest BCUT2D eigenvalue weighted by Crippen LogP contribution is 2.23. The number of nitrogens with one attached hydrogen (secondary N) is 1. The number of aliphatic hydroxyl groups excluding tert-OH is 1. The molecule has 1 aromatic heterocycles. The topological polar surface area (TPSA) is 78.6 Å². The van der Waals surface area contributed by atoms with Gasteiger partial charge in [-0.1, -0.05) is 12.1 Å². The molecule has 1 unspecified atom stereocenters. The molecule has 0 radical (unpaired) electrons. The average molecular weight is 301 g/mol. The summed E-state index contributed by atoms with van der Waals surface area (Å²) in [6.07, 6.45) is 4.92. The van der Waals surface area contributed by atoms with Crippen LogP contribution in [0.1, 0.15) is 12.8 Å². The summed E-state index contributed by atoms with van der Waals surface area (Å²) in [5.74, 6) is 0.842. The molecule has 2 amide bonds. The van der Waals surface area contributed by atoms with E-state index in [0.717, 1.165) is 24.9 Å². The number of anilines is 1. The highest BCUT2D eigenvalue weighted by atomic mass is 16.3. The summed E-state index contributed by atoms with van der Waals surface area (Å²) in [4.78, 5) is 18.0. The molecule has 2 aromatic rings.